The Balaban J connectivity index is 1.38. The third kappa shape index (κ3) is 5.23. The predicted molar refractivity (Wildman–Crippen MR) is 123 cm³/mol. The summed E-state index contributed by atoms with van der Waals surface area (Å²) in [6, 6.07) is 18.2. The van der Waals surface area contributed by atoms with Gasteiger partial charge in [0.05, 0.1) is 19.0 Å². The Bertz CT molecular complexity index is 1050. The first kappa shape index (κ1) is 21.8. The van der Waals surface area contributed by atoms with Gasteiger partial charge in [0.2, 0.25) is 11.8 Å². The molecule has 1 aliphatic heterocycles. The van der Waals surface area contributed by atoms with Gasteiger partial charge < -0.3 is 15.2 Å². The molecule has 0 saturated carbocycles. The Labute approximate surface area is 188 Å². The van der Waals surface area contributed by atoms with Crippen molar-refractivity contribution in [2.24, 2.45) is 0 Å². The maximum Gasteiger partial charge on any atom is 0.237 e. The van der Waals surface area contributed by atoms with Crippen LogP contribution in [0, 0.1) is 0 Å². The normalized spacial score (nSPS) is 16.5. The van der Waals surface area contributed by atoms with Crippen LogP contribution in [0.2, 0.25) is 0 Å². The smallest absolute Gasteiger partial charge is 0.237 e. The number of nitrogens with zero attached hydrogens (tertiary/aromatic N) is 3. The van der Waals surface area contributed by atoms with Gasteiger partial charge in [-0.1, -0.05) is 54.6 Å². The molecule has 0 radical (unpaired) electrons. The fraction of sp³-hybridized carbons (Fsp3) is 0.320. The highest BCUT2D eigenvalue weighted by molar-refractivity contribution is 5.88. The van der Waals surface area contributed by atoms with Crippen LogP contribution in [0.25, 0.3) is 11.1 Å². The van der Waals surface area contributed by atoms with Gasteiger partial charge in [0.15, 0.2) is 0 Å². The van der Waals surface area contributed by atoms with Crippen molar-refractivity contribution in [1.82, 2.24) is 25.1 Å². The molecule has 2 heterocycles. The lowest BCUT2D eigenvalue weighted by Crippen LogP contribution is -2.56. The largest absolute Gasteiger partial charge is 0.353 e. The summed E-state index contributed by atoms with van der Waals surface area (Å²) < 4.78 is 1.99. The van der Waals surface area contributed by atoms with E-state index in [0.717, 1.165) is 23.5 Å². The van der Waals surface area contributed by atoms with Crippen molar-refractivity contribution in [3.8, 4) is 11.1 Å². The zero-order chi connectivity index (χ0) is 22.3. The van der Waals surface area contributed by atoms with E-state index in [1.807, 2.05) is 35.9 Å². The van der Waals surface area contributed by atoms with Crippen LogP contribution in [0.4, 0.5) is 0 Å². The number of amides is 2. The summed E-state index contributed by atoms with van der Waals surface area (Å²) in [7, 11) is 0. The van der Waals surface area contributed by atoms with E-state index in [1.165, 1.54) is 5.56 Å². The zero-order valence-corrected chi connectivity index (χ0v) is 18.3. The SMILES string of the molecule is CCn1ccnc1CNC(=O)C[C@@H]1C(=O)NCCN1Cc1ccc(-c2ccccc2)cc1. The van der Waals surface area contributed by atoms with E-state index >= 15 is 0 Å². The molecule has 1 aliphatic rings. The number of piperazine rings is 1. The van der Waals surface area contributed by atoms with Crippen LogP contribution in [-0.2, 0) is 29.2 Å². The van der Waals surface area contributed by atoms with Gasteiger partial charge in [-0.05, 0) is 23.6 Å². The van der Waals surface area contributed by atoms with Gasteiger partial charge in [0, 0.05) is 38.6 Å². The number of carbonyl (C=O) groups excluding carboxylic acids is 2. The topological polar surface area (TPSA) is 79.3 Å². The number of nitrogens with one attached hydrogen (secondary N) is 2. The molecule has 7 nitrogen and oxygen atoms in total. The van der Waals surface area contributed by atoms with Gasteiger partial charge in [0.25, 0.3) is 0 Å². The van der Waals surface area contributed by atoms with Gasteiger partial charge in [-0.3, -0.25) is 14.5 Å². The Morgan fingerprint density at radius 2 is 1.88 bits per heavy atom. The molecule has 2 amide bonds. The monoisotopic (exact) mass is 431 g/mol. The molecule has 0 bridgehead atoms. The second kappa shape index (κ2) is 10.2. The second-order valence-electron chi connectivity index (χ2n) is 7.95. The van der Waals surface area contributed by atoms with E-state index < -0.39 is 6.04 Å². The van der Waals surface area contributed by atoms with Crippen molar-refractivity contribution >= 4 is 11.8 Å². The van der Waals surface area contributed by atoms with Gasteiger partial charge in [-0.15, -0.1) is 0 Å². The molecule has 2 N–H and O–H groups in total. The van der Waals surface area contributed by atoms with Crippen molar-refractivity contribution in [2.75, 3.05) is 13.1 Å². The predicted octanol–water partition coefficient (Wildman–Crippen LogP) is 2.58. The number of carbonyl (C=O) groups is 2. The van der Waals surface area contributed by atoms with E-state index in [9.17, 15) is 9.59 Å². The van der Waals surface area contributed by atoms with E-state index in [-0.39, 0.29) is 18.2 Å². The van der Waals surface area contributed by atoms with Crippen LogP contribution in [0.5, 0.6) is 0 Å². The standard InChI is InChI=1S/C25H29N5O2/c1-2-29-14-12-26-23(29)17-28-24(31)16-22-25(32)27-13-15-30(22)18-19-8-10-21(11-9-19)20-6-4-3-5-7-20/h3-12,14,22H,2,13,15-18H2,1H3,(H,27,32)(H,28,31)/t22-/m1/s1. The first-order chi connectivity index (χ1) is 15.6. The molecule has 0 unspecified atom stereocenters. The average molecular weight is 432 g/mol. The second-order valence-corrected chi connectivity index (χ2v) is 7.95. The lowest BCUT2D eigenvalue weighted by molar-refractivity contribution is -0.134. The van der Waals surface area contributed by atoms with Crippen LogP contribution >= 0.6 is 0 Å². The number of benzene rings is 2. The maximum absolute atomic E-state index is 12.6. The summed E-state index contributed by atoms with van der Waals surface area (Å²) in [6.45, 7) is 5.11. The van der Waals surface area contributed by atoms with Gasteiger partial charge >= 0.3 is 0 Å². The summed E-state index contributed by atoms with van der Waals surface area (Å²) >= 11 is 0. The third-order valence-corrected chi connectivity index (χ3v) is 5.85. The minimum atomic E-state index is -0.483. The lowest BCUT2D eigenvalue weighted by Gasteiger charge is -2.34. The first-order valence-corrected chi connectivity index (χ1v) is 11.1. The molecular formula is C25H29N5O2. The van der Waals surface area contributed by atoms with Crippen LogP contribution in [-0.4, -0.2) is 45.4 Å². The Morgan fingerprint density at radius 1 is 1.12 bits per heavy atom. The van der Waals surface area contributed by atoms with Crippen LogP contribution in [0.15, 0.2) is 67.0 Å². The molecular weight excluding hydrogens is 402 g/mol. The Kier molecular flexibility index (Phi) is 6.97. The number of hydrogen-bond acceptors (Lipinski definition) is 4. The highest BCUT2D eigenvalue weighted by atomic mass is 16.2. The molecule has 1 fully saturated rings. The van der Waals surface area contributed by atoms with Crippen LogP contribution in [0.3, 0.4) is 0 Å². The highest BCUT2D eigenvalue weighted by Crippen LogP contribution is 2.21. The summed E-state index contributed by atoms with van der Waals surface area (Å²) in [6.07, 6.45) is 3.74. The van der Waals surface area contributed by atoms with Gasteiger partial charge in [-0.2, -0.15) is 0 Å². The summed E-state index contributed by atoms with van der Waals surface area (Å²) in [5, 5.41) is 5.80. The molecule has 1 saturated heterocycles. The van der Waals surface area contributed by atoms with E-state index in [1.54, 1.807) is 6.20 Å². The molecule has 3 aromatic rings. The zero-order valence-electron chi connectivity index (χ0n) is 18.3. The van der Waals surface area contributed by atoms with Crippen molar-refractivity contribution in [1.29, 1.82) is 0 Å². The molecule has 7 heteroatoms. The van der Waals surface area contributed by atoms with Crippen molar-refractivity contribution in [3.63, 3.8) is 0 Å². The fourth-order valence-electron chi connectivity index (χ4n) is 4.06. The van der Waals surface area contributed by atoms with Gasteiger partial charge in [-0.25, -0.2) is 4.98 Å². The molecule has 32 heavy (non-hydrogen) atoms. The summed E-state index contributed by atoms with van der Waals surface area (Å²) in [5.41, 5.74) is 3.46. The van der Waals surface area contributed by atoms with Crippen molar-refractivity contribution in [3.05, 3.63) is 78.4 Å². The minimum absolute atomic E-state index is 0.0950. The molecule has 1 atom stereocenters. The number of rotatable bonds is 8. The van der Waals surface area contributed by atoms with Crippen molar-refractivity contribution in [2.45, 2.75) is 39.0 Å². The van der Waals surface area contributed by atoms with E-state index in [4.69, 9.17) is 0 Å². The Morgan fingerprint density at radius 3 is 2.62 bits per heavy atom. The van der Waals surface area contributed by atoms with Crippen LogP contribution < -0.4 is 10.6 Å². The fourth-order valence-corrected chi connectivity index (χ4v) is 4.06. The average Bonchev–Trinajstić information content (AvgIpc) is 3.29. The summed E-state index contributed by atoms with van der Waals surface area (Å²) in [5.74, 6) is 0.564. The highest BCUT2D eigenvalue weighted by Gasteiger charge is 2.31. The molecule has 4 rings (SSSR count). The lowest BCUT2D eigenvalue weighted by atomic mass is 10.0. The molecule has 0 aliphatic carbocycles. The maximum atomic E-state index is 12.6. The molecule has 1 aromatic heterocycles. The number of imidazole rings is 1. The van der Waals surface area contributed by atoms with Crippen LogP contribution in [0.1, 0.15) is 24.7 Å². The molecule has 166 valence electrons. The molecule has 0 spiro atoms. The van der Waals surface area contributed by atoms with E-state index in [0.29, 0.717) is 26.2 Å². The summed E-state index contributed by atoms with van der Waals surface area (Å²) in [4.78, 5) is 31.5. The van der Waals surface area contributed by atoms with E-state index in [2.05, 4.69) is 56.9 Å². The first-order valence-electron chi connectivity index (χ1n) is 11.1. The third-order valence-electron chi connectivity index (χ3n) is 5.85. The van der Waals surface area contributed by atoms with Gasteiger partial charge in [0.1, 0.15) is 5.82 Å². The number of aryl methyl sites for hydroxylation is 1. The molecule has 2 aromatic carbocycles. The number of hydrogen-bond donors (Lipinski definition) is 2. The van der Waals surface area contributed by atoms with Crippen molar-refractivity contribution < 1.29 is 9.59 Å². The minimum Gasteiger partial charge on any atom is -0.353 e. The Hall–Kier alpha value is -3.45. The number of aromatic nitrogens is 2. The quantitative estimate of drug-likeness (QED) is 0.575.